The average molecular weight is 498 g/mol. The van der Waals surface area contributed by atoms with Crippen molar-refractivity contribution in [1.82, 2.24) is 0 Å². The minimum atomic E-state index is -1.24. The molecule has 0 radical (unpaired) electrons. The van der Waals surface area contributed by atoms with Crippen molar-refractivity contribution in [2.24, 2.45) is 16.8 Å². The maximum Gasteiger partial charge on any atom is 0.416 e. The summed E-state index contributed by atoms with van der Waals surface area (Å²) in [6.07, 6.45) is 8.45. The summed E-state index contributed by atoms with van der Waals surface area (Å²) in [6, 6.07) is 8.60. The lowest BCUT2D eigenvalue weighted by Gasteiger charge is -2.35. The summed E-state index contributed by atoms with van der Waals surface area (Å²) in [5.74, 6) is 1.76. The summed E-state index contributed by atoms with van der Waals surface area (Å²) in [5, 5.41) is 35.1. The summed E-state index contributed by atoms with van der Waals surface area (Å²) >= 11 is 0. The Bertz CT molecular complexity index is 1110. The summed E-state index contributed by atoms with van der Waals surface area (Å²) in [5.41, 5.74) is 7.87. The second-order valence-electron chi connectivity index (χ2n) is 10.5. The van der Waals surface area contributed by atoms with Gasteiger partial charge in [0.25, 0.3) is 5.69 Å². The number of hydrogen-bond acceptors (Lipinski definition) is 8. The molecule has 9 nitrogen and oxygen atoms in total. The number of nitrogens with two attached hydrogens (primary N) is 1. The molecule has 0 saturated heterocycles. The lowest BCUT2D eigenvalue weighted by Crippen LogP contribution is -2.39. The number of benzene rings is 1. The molecule has 1 aromatic carbocycles. The molecule has 3 fully saturated rings. The van der Waals surface area contributed by atoms with Gasteiger partial charge in [-0.15, -0.1) is 0 Å². The van der Waals surface area contributed by atoms with Crippen molar-refractivity contribution in [1.29, 1.82) is 0 Å². The largest absolute Gasteiger partial charge is 0.491 e. The average Bonchev–Trinajstić information content (AvgIpc) is 3.77. The number of anilines is 2. The van der Waals surface area contributed by atoms with Gasteiger partial charge in [-0.25, -0.2) is 0 Å². The first-order chi connectivity index (χ1) is 17.4. The van der Waals surface area contributed by atoms with Gasteiger partial charge in [0.2, 0.25) is 6.23 Å². The van der Waals surface area contributed by atoms with Gasteiger partial charge in [0, 0.05) is 29.6 Å². The van der Waals surface area contributed by atoms with E-state index in [2.05, 4.69) is 5.32 Å². The van der Waals surface area contributed by atoms with Gasteiger partial charge in [-0.3, -0.25) is 10.2 Å². The molecule has 2 aromatic rings. The molecule has 194 valence electrons. The highest BCUT2D eigenvalue weighted by Gasteiger charge is 2.45. The van der Waals surface area contributed by atoms with Crippen LogP contribution in [0.4, 0.5) is 11.4 Å². The maximum absolute atomic E-state index is 10.9. The summed E-state index contributed by atoms with van der Waals surface area (Å²) < 4.78 is 12.0. The van der Waals surface area contributed by atoms with E-state index in [1.807, 2.05) is 6.07 Å². The third-order valence-electron chi connectivity index (χ3n) is 7.68. The molecule has 0 amide bonds. The van der Waals surface area contributed by atoms with Crippen LogP contribution in [-0.2, 0) is 0 Å². The van der Waals surface area contributed by atoms with Crippen molar-refractivity contribution >= 4 is 17.6 Å². The van der Waals surface area contributed by atoms with E-state index < -0.39 is 11.8 Å². The number of aliphatic hydroxyl groups excluding tert-OH is 1. The Labute approximate surface area is 211 Å². The number of hydrogen-bond donors (Lipinski definition) is 5. The van der Waals surface area contributed by atoms with Gasteiger partial charge in [-0.05, 0) is 75.3 Å². The first-order valence-corrected chi connectivity index (χ1v) is 12.9. The molecule has 3 saturated carbocycles. The standard InChI is InChI=1S/C27H37N4O5/c1-35-25-4-2-3-23(31(25)34)26(32)30-22-13-18(21(28)14-24(22)36-16-17-5-6-17)15-29-20-9-11-27(33,12-10-20)19-7-8-19/h2-4,13-15,17,19-20,26,30,32-34H,5-12,16,28H2,1H3/q+1. The van der Waals surface area contributed by atoms with Crippen molar-refractivity contribution < 1.29 is 29.6 Å². The van der Waals surface area contributed by atoms with E-state index in [9.17, 15) is 15.4 Å². The molecule has 1 heterocycles. The number of aromatic nitrogens is 1. The second-order valence-corrected chi connectivity index (χ2v) is 10.5. The van der Waals surface area contributed by atoms with Gasteiger partial charge in [-0.2, -0.15) is 0 Å². The van der Waals surface area contributed by atoms with Crippen LogP contribution >= 0.6 is 0 Å². The zero-order valence-corrected chi connectivity index (χ0v) is 20.8. The minimum Gasteiger partial charge on any atom is -0.491 e. The van der Waals surface area contributed by atoms with E-state index in [4.69, 9.17) is 20.2 Å². The molecule has 0 aliphatic heterocycles. The van der Waals surface area contributed by atoms with Gasteiger partial charge in [-0.1, -0.05) is 0 Å². The van der Waals surface area contributed by atoms with E-state index in [0.29, 0.717) is 41.1 Å². The molecular weight excluding hydrogens is 460 g/mol. The fourth-order valence-corrected chi connectivity index (χ4v) is 4.99. The molecule has 0 bridgehead atoms. The lowest BCUT2D eigenvalue weighted by atomic mass is 9.79. The van der Waals surface area contributed by atoms with Gasteiger partial charge in [0.05, 0.1) is 41.8 Å². The first-order valence-electron chi connectivity index (χ1n) is 12.9. The SMILES string of the molecule is COc1cccc(C(O)Nc2cc(C=NC3CCC(O)(C4CC4)CC3)c(N)cc2OCC2CC2)[n+]1O. The smallest absolute Gasteiger partial charge is 0.416 e. The summed E-state index contributed by atoms with van der Waals surface area (Å²) in [4.78, 5) is 4.78. The fraction of sp³-hybridized carbons (Fsp3) is 0.556. The Hall–Kier alpha value is -3.04. The van der Waals surface area contributed by atoms with Crippen LogP contribution in [0.2, 0.25) is 0 Å². The number of pyridine rings is 1. The van der Waals surface area contributed by atoms with Crippen LogP contribution in [0.1, 0.15) is 68.9 Å². The van der Waals surface area contributed by atoms with Crippen LogP contribution in [0.15, 0.2) is 35.3 Å². The highest BCUT2D eigenvalue weighted by Crippen LogP contribution is 2.47. The van der Waals surface area contributed by atoms with Crippen molar-refractivity contribution in [2.45, 2.75) is 69.2 Å². The number of nitrogens with one attached hydrogen (secondary N) is 1. The number of aliphatic imine (C=N–C) groups is 1. The van der Waals surface area contributed by atoms with Crippen LogP contribution < -0.4 is 25.3 Å². The van der Waals surface area contributed by atoms with E-state index in [0.717, 1.165) is 56.1 Å². The maximum atomic E-state index is 10.9. The summed E-state index contributed by atoms with van der Waals surface area (Å²) in [6.45, 7) is 0.586. The number of aliphatic hydroxyl groups is 2. The van der Waals surface area contributed by atoms with Crippen molar-refractivity contribution in [3.63, 3.8) is 0 Å². The molecule has 9 heteroatoms. The van der Waals surface area contributed by atoms with Crippen molar-refractivity contribution in [3.05, 3.63) is 41.6 Å². The Morgan fingerprint density at radius 1 is 1.19 bits per heavy atom. The topological polar surface area (TPSA) is 133 Å². The van der Waals surface area contributed by atoms with Crippen LogP contribution in [0.25, 0.3) is 0 Å². The Kier molecular flexibility index (Phi) is 6.94. The Balaban J connectivity index is 1.34. The van der Waals surface area contributed by atoms with E-state index in [-0.39, 0.29) is 17.6 Å². The number of nitrogens with zero attached hydrogens (tertiary/aromatic N) is 2. The first kappa shape index (κ1) is 24.6. The van der Waals surface area contributed by atoms with Crippen LogP contribution in [0, 0.1) is 11.8 Å². The Morgan fingerprint density at radius 2 is 1.94 bits per heavy atom. The van der Waals surface area contributed by atoms with Crippen molar-refractivity contribution in [3.8, 4) is 11.6 Å². The minimum absolute atomic E-state index is 0.154. The predicted molar refractivity (Wildman–Crippen MR) is 136 cm³/mol. The molecule has 5 rings (SSSR count). The third-order valence-corrected chi connectivity index (χ3v) is 7.68. The van der Waals surface area contributed by atoms with Crippen molar-refractivity contribution in [2.75, 3.05) is 24.8 Å². The molecule has 36 heavy (non-hydrogen) atoms. The molecule has 3 aliphatic rings. The van der Waals surface area contributed by atoms with Gasteiger partial charge < -0.3 is 30.7 Å². The highest BCUT2D eigenvalue weighted by atomic mass is 16.5. The molecular formula is C27H37N4O5+. The fourth-order valence-electron chi connectivity index (χ4n) is 4.99. The highest BCUT2D eigenvalue weighted by molar-refractivity contribution is 5.90. The molecule has 1 unspecified atom stereocenters. The normalized spacial score (nSPS) is 25.0. The third kappa shape index (κ3) is 5.52. The monoisotopic (exact) mass is 497 g/mol. The molecule has 1 atom stereocenters. The van der Waals surface area contributed by atoms with E-state index >= 15 is 0 Å². The summed E-state index contributed by atoms with van der Waals surface area (Å²) in [7, 11) is 1.44. The van der Waals surface area contributed by atoms with Gasteiger partial charge >= 0.3 is 5.88 Å². The quantitative estimate of drug-likeness (QED) is 0.112. The van der Waals surface area contributed by atoms with Gasteiger partial charge in [0.1, 0.15) is 5.75 Å². The van der Waals surface area contributed by atoms with Gasteiger partial charge in [0.15, 0.2) is 0 Å². The zero-order chi connectivity index (χ0) is 25.3. The number of nitrogen functional groups attached to an aromatic ring is 1. The van der Waals surface area contributed by atoms with E-state index in [1.165, 1.54) is 7.11 Å². The number of rotatable bonds is 10. The molecule has 1 aromatic heterocycles. The van der Waals surface area contributed by atoms with Crippen LogP contribution in [-0.4, -0.2) is 47.0 Å². The van der Waals surface area contributed by atoms with Crippen LogP contribution in [0.5, 0.6) is 11.6 Å². The second kappa shape index (κ2) is 10.1. The van der Waals surface area contributed by atoms with E-state index in [1.54, 1.807) is 30.5 Å². The predicted octanol–water partition coefficient (Wildman–Crippen LogP) is 3.20. The molecule has 3 aliphatic carbocycles. The number of ether oxygens (including phenoxy) is 2. The molecule has 6 N–H and O–H groups in total. The lowest BCUT2D eigenvalue weighted by molar-refractivity contribution is -0.912. The Morgan fingerprint density at radius 3 is 2.61 bits per heavy atom. The van der Waals surface area contributed by atoms with Crippen LogP contribution in [0.3, 0.4) is 0 Å². The number of methoxy groups -OCH3 is 1. The molecule has 0 spiro atoms. The zero-order valence-electron chi connectivity index (χ0n) is 20.8.